The molecule has 1 unspecified atom stereocenters. The number of amides is 1. The standard InChI is InChI=1S/C22H29N3O4S/c1-16-7-10-18(11-8-16)23-30(27,28)21-14-17(9-12-20(21)29-4)22(26)25-13-5-6-19(15-25)24(2)3/h7-12,14,19,23H,5-6,13,15H2,1-4H3. The Morgan fingerprint density at radius 3 is 2.50 bits per heavy atom. The minimum Gasteiger partial charge on any atom is -0.495 e. The molecule has 1 heterocycles. The van der Waals surface area contributed by atoms with Crippen LogP contribution in [0.5, 0.6) is 5.75 Å². The molecule has 2 aromatic rings. The highest BCUT2D eigenvalue weighted by atomic mass is 32.2. The van der Waals surface area contributed by atoms with E-state index in [-0.39, 0.29) is 16.6 Å². The van der Waals surface area contributed by atoms with Crippen molar-refractivity contribution in [2.24, 2.45) is 0 Å². The molecule has 0 spiro atoms. The van der Waals surface area contributed by atoms with Crippen LogP contribution in [0.1, 0.15) is 28.8 Å². The van der Waals surface area contributed by atoms with Gasteiger partial charge in [-0.25, -0.2) is 8.42 Å². The van der Waals surface area contributed by atoms with Crippen molar-refractivity contribution in [2.45, 2.75) is 30.7 Å². The molecule has 1 fully saturated rings. The summed E-state index contributed by atoms with van der Waals surface area (Å²) >= 11 is 0. The van der Waals surface area contributed by atoms with Gasteiger partial charge in [0.05, 0.1) is 7.11 Å². The molecule has 8 heteroatoms. The van der Waals surface area contributed by atoms with Crippen LogP contribution in [-0.4, -0.2) is 64.5 Å². The van der Waals surface area contributed by atoms with Crippen molar-refractivity contribution in [1.82, 2.24) is 9.80 Å². The lowest BCUT2D eigenvalue weighted by Gasteiger charge is -2.36. The van der Waals surface area contributed by atoms with Crippen molar-refractivity contribution in [3.63, 3.8) is 0 Å². The van der Waals surface area contributed by atoms with E-state index >= 15 is 0 Å². The maximum Gasteiger partial charge on any atom is 0.265 e. The van der Waals surface area contributed by atoms with Gasteiger partial charge in [0.2, 0.25) is 0 Å². The number of ether oxygens (including phenoxy) is 1. The largest absolute Gasteiger partial charge is 0.495 e. The van der Waals surface area contributed by atoms with Crippen LogP contribution in [0.15, 0.2) is 47.4 Å². The number of nitrogens with one attached hydrogen (secondary N) is 1. The first-order valence-corrected chi connectivity index (χ1v) is 11.4. The second-order valence-electron chi connectivity index (χ2n) is 7.85. The van der Waals surface area contributed by atoms with E-state index in [9.17, 15) is 13.2 Å². The van der Waals surface area contributed by atoms with Crippen molar-refractivity contribution in [1.29, 1.82) is 0 Å². The first kappa shape index (κ1) is 22.1. The normalized spacial score (nSPS) is 17.1. The van der Waals surface area contributed by atoms with Crippen molar-refractivity contribution in [3.05, 3.63) is 53.6 Å². The Labute approximate surface area is 178 Å². The molecule has 1 N–H and O–H groups in total. The van der Waals surface area contributed by atoms with Crippen LogP contribution < -0.4 is 9.46 Å². The molecule has 1 aliphatic heterocycles. The number of rotatable bonds is 6. The lowest BCUT2D eigenvalue weighted by molar-refractivity contribution is 0.0635. The zero-order valence-corrected chi connectivity index (χ0v) is 18.7. The molecule has 0 aliphatic carbocycles. The van der Waals surface area contributed by atoms with E-state index in [1.165, 1.54) is 19.2 Å². The Morgan fingerprint density at radius 2 is 1.87 bits per heavy atom. The van der Waals surface area contributed by atoms with Crippen LogP contribution in [0.2, 0.25) is 0 Å². The topological polar surface area (TPSA) is 79.0 Å². The predicted octanol–water partition coefficient (Wildman–Crippen LogP) is 2.97. The van der Waals surface area contributed by atoms with Crippen LogP contribution in [0.25, 0.3) is 0 Å². The van der Waals surface area contributed by atoms with Crippen LogP contribution in [0, 0.1) is 6.92 Å². The smallest absolute Gasteiger partial charge is 0.265 e. The third kappa shape index (κ3) is 4.94. The molecule has 1 atom stereocenters. The molecule has 0 radical (unpaired) electrons. The summed E-state index contributed by atoms with van der Waals surface area (Å²) in [6.07, 6.45) is 1.96. The molecular weight excluding hydrogens is 402 g/mol. The number of piperidine rings is 1. The SMILES string of the molecule is COc1ccc(C(=O)N2CCCC(N(C)C)C2)cc1S(=O)(=O)Nc1ccc(C)cc1. The number of benzene rings is 2. The minimum absolute atomic E-state index is 0.0578. The molecule has 1 amide bonds. The molecule has 1 aliphatic rings. The van der Waals surface area contributed by atoms with Gasteiger partial charge in [0.25, 0.3) is 15.9 Å². The number of hydrogen-bond donors (Lipinski definition) is 1. The van der Waals surface area contributed by atoms with Crippen LogP contribution >= 0.6 is 0 Å². The van der Waals surface area contributed by atoms with Crippen molar-refractivity contribution >= 4 is 21.6 Å². The summed E-state index contributed by atoms with van der Waals surface area (Å²) < 4.78 is 33.9. The third-order valence-corrected chi connectivity index (χ3v) is 6.82. The lowest BCUT2D eigenvalue weighted by Crippen LogP contribution is -2.47. The van der Waals surface area contributed by atoms with Gasteiger partial charge in [-0.3, -0.25) is 9.52 Å². The van der Waals surface area contributed by atoms with Gasteiger partial charge in [0, 0.05) is 30.4 Å². The molecule has 1 saturated heterocycles. The maximum absolute atomic E-state index is 13.1. The average Bonchev–Trinajstić information content (AvgIpc) is 2.74. The number of likely N-dealkylation sites (N-methyl/N-ethyl adjacent to an activating group) is 1. The van der Waals surface area contributed by atoms with Crippen LogP contribution in [-0.2, 0) is 10.0 Å². The number of methoxy groups -OCH3 is 1. The minimum atomic E-state index is -3.93. The summed E-state index contributed by atoms with van der Waals surface area (Å²) in [5.74, 6) is 0.0203. The van der Waals surface area contributed by atoms with Gasteiger partial charge in [-0.15, -0.1) is 0 Å². The van der Waals surface area contributed by atoms with Gasteiger partial charge in [0.15, 0.2) is 0 Å². The monoisotopic (exact) mass is 431 g/mol. The number of anilines is 1. The summed E-state index contributed by atoms with van der Waals surface area (Å²) in [5.41, 5.74) is 1.81. The fourth-order valence-electron chi connectivity index (χ4n) is 3.59. The van der Waals surface area contributed by atoms with E-state index in [1.807, 2.05) is 33.2 Å². The molecule has 2 aromatic carbocycles. The summed E-state index contributed by atoms with van der Waals surface area (Å²) in [7, 11) is 1.49. The molecule has 3 rings (SSSR count). The summed E-state index contributed by atoms with van der Waals surface area (Å²) in [4.78, 5) is 16.9. The molecule has 0 saturated carbocycles. The molecule has 30 heavy (non-hydrogen) atoms. The van der Waals surface area contributed by atoms with Gasteiger partial charge < -0.3 is 14.5 Å². The predicted molar refractivity (Wildman–Crippen MR) is 118 cm³/mol. The Bertz CT molecular complexity index is 1000. The van der Waals surface area contributed by atoms with Crippen LogP contribution in [0.4, 0.5) is 5.69 Å². The van der Waals surface area contributed by atoms with Gasteiger partial charge in [-0.05, 0) is 64.2 Å². The quantitative estimate of drug-likeness (QED) is 0.761. The van der Waals surface area contributed by atoms with E-state index < -0.39 is 10.0 Å². The highest BCUT2D eigenvalue weighted by molar-refractivity contribution is 7.92. The number of nitrogens with zero attached hydrogens (tertiary/aromatic N) is 2. The van der Waals surface area contributed by atoms with Gasteiger partial charge in [-0.1, -0.05) is 17.7 Å². The maximum atomic E-state index is 13.1. The van der Waals surface area contributed by atoms with Crippen LogP contribution in [0.3, 0.4) is 0 Å². The first-order chi connectivity index (χ1) is 14.2. The fraction of sp³-hybridized carbons (Fsp3) is 0.409. The molecule has 162 valence electrons. The van der Waals surface area contributed by atoms with Gasteiger partial charge in [-0.2, -0.15) is 0 Å². The molecule has 7 nitrogen and oxygen atoms in total. The van der Waals surface area contributed by atoms with Crippen molar-refractivity contribution in [3.8, 4) is 5.75 Å². The number of sulfonamides is 1. The fourth-order valence-corrected chi connectivity index (χ4v) is 4.85. The number of aryl methyl sites for hydroxylation is 1. The van der Waals surface area contributed by atoms with E-state index in [4.69, 9.17) is 4.74 Å². The number of hydrogen-bond acceptors (Lipinski definition) is 5. The zero-order chi connectivity index (χ0) is 21.9. The van der Waals surface area contributed by atoms with E-state index in [2.05, 4.69) is 9.62 Å². The Hall–Kier alpha value is -2.58. The highest BCUT2D eigenvalue weighted by Gasteiger charge is 2.28. The Kier molecular flexibility index (Phi) is 6.67. The third-order valence-electron chi connectivity index (χ3n) is 5.42. The summed E-state index contributed by atoms with van der Waals surface area (Å²) in [5, 5.41) is 0. The highest BCUT2D eigenvalue weighted by Crippen LogP contribution is 2.28. The second-order valence-corrected chi connectivity index (χ2v) is 9.50. The van der Waals surface area contributed by atoms with E-state index in [0.717, 1.165) is 18.4 Å². The van der Waals surface area contributed by atoms with Crippen molar-refractivity contribution < 1.29 is 17.9 Å². The van der Waals surface area contributed by atoms with E-state index in [1.54, 1.807) is 23.1 Å². The lowest BCUT2D eigenvalue weighted by atomic mass is 10.0. The number of carbonyl (C=O) groups excluding carboxylic acids is 1. The molecule has 0 bridgehead atoms. The van der Waals surface area contributed by atoms with Crippen molar-refractivity contribution in [2.75, 3.05) is 39.0 Å². The molecular formula is C22H29N3O4S. The zero-order valence-electron chi connectivity index (χ0n) is 17.9. The number of likely N-dealkylation sites (tertiary alicyclic amines) is 1. The Balaban J connectivity index is 1.89. The average molecular weight is 432 g/mol. The second kappa shape index (κ2) is 9.06. The van der Waals surface area contributed by atoms with E-state index in [0.29, 0.717) is 30.4 Å². The van der Waals surface area contributed by atoms with Gasteiger partial charge >= 0.3 is 0 Å². The number of carbonyl (C=O) groups is 1. The Morgan fingerprint density at radius 1 is 1.17 bits per heavy atom. The van der Waals surface area contributed by atoms with Gasteiger partial charge in [0.1, 0.15) is 10.6 Å². The summed E-state index contributed by atoms with van der Waals surface area (Å²) in [6, 6.07) is 11.9. The summed E-state index contributed by atoms with van der Waals surface area (Å²) in [6.45, 7) is 3.22. The molecule has 0 aromatic heterocycles. The first-order valence-electron chi connectivity index (χ1n) is 9.94.